The first-order valence-electron chi connectivity index (χ1n) is 6.27. The molecule has 0 aliphatic carbocycles. The van der Waals surface area contributed by atoms with Gasteiger partial charge in [0.1, 0.15) is 6.04 Å². The van der Waals surface area contributed by atoms with E-state index in [1.807, 2.05) is 37.3 Å². The van der Waals surface area contributed by atoms with Gasteiger partial charge in [-0.25, -0.2) is 8.42 Å². The van der Waals surface area contributed by atoms with E-state index in [0.717, 1.165) is 16.5 Å². The normalized spacial score (nSPS) is 20.9. The molecule has 20 heavy (non-hydrogen) atoms. The topological polar surface area (TPSA) is 70.4 Å². The molecular formula is C14H16N2O3S. The fraction of sp³-hybridized carbons (Fsp3) is 0.357. The Morgan fingerprint density at radius 1 is 1.40 bits per heavy atom. The molecule has 1 aromatic carbocycles. The number of morpholine rings is 1. The van der Waals surface area contributed by atoms with Gasteiger partial charge in [0.05, 0.1) is 19.3 Å². The summed E-state index contributed by atoms with van der Waals surface area (Å²) in [5.41, 5.74) is 1.92. The largest absolute Gasteiger partial charge is 0.377 e. The summed E-state index contributed by atoms with van der Waals surface area (Å²) in [7, 11) is -3.60. The maximum absolute atomic E-state index is 12.2. The number of aryl methyl sites for hydroxylation is 1. The number of benzene rings is 1. The molecule has 1 heterocycles. The van der Waals surface area contributed by atoms with E-state index in [-0.39, 0.29) is 13.2 Å². The molecular weight excluding hydrogens is 276 g/mol. The second-order valence-electron chi connectivity index (χ2n) is 4.59. The molecule has 0 bridgehead atoms. The van der Waals surface area contributed by atoms with E-state index in [1.165, 1.54) is 4.31 Å². The summed E-state index contributed by atoms with van der Waals surface area (Å²) in [6.07, 6.45) is 1.54. The van der Waals surface area contributed by atoms with E-state index in [2.05, 4.69) is 0 Å². The third-order valence-corrected chi connectivity index (χ3v) is 4.64. The highest BCUT2D eigenvalue weighted by Gasteiger charge is 2.31. The van der Waals surface area contributed by atoms with Crippen molar-refractivity contribution in [1.82, 2.24) is 4.31 Å². The zero-order chi connectivity index (χ0) is 14.6. The quantitative estimate of drug-likeness (QED) is 0.847. The first-order valence-corrected chi connectivity index (χ1v) is 7.77. The Morgan fingerprint density at radius 3 is 2.75 bits per heavy atom. The van der Waals surface area contributed by atoms with Gasteiger partial charge in [-0.1, -0.05) is 29.8 Å². The van der Waals surface area contributed by atoms with Gasteiger partial charge in [0, 0.05) is 12.0 Å². The van der Waals surface area contributed by atoms with E-state index in [4.69, 9.17) is 10.00 Å². The molecule has 2 rings (SSSR count). The van der Waals surface area contributed by atoms with Gasteiger partial charge < -0.3 is 4.74 Å². The fourth-order valence-electron chi connectivity index (χ4n) is 1.91. The molecule has 1 aliphatic heterocycles. The molecule has 1 aliphatic rings. The molecule has 0 N–H and O–H groups in total. The van der Waals surface area contributed by atoms with Crippen LogP contribution in [0.15, 0.2) is 29.7 Å². The van der Waals surface area contributed by atoms with Gasteiger partial charge in [0.15, 0.2) is 0 Å². The highest BCUT2D eigenvalue weighted by molar-refractivity contribution is 7.92. The summed E-state index contributed by atoms with van der Waals surface area (Å²) in [5.74, 6) is 0. The van der Waals surface area contributed by atoms with Crippen LogP contribution in [0.2, 0.25) is 0 Å². The third kappa shape index (κ3) is 3.45. The van der Waals surface area contributed by atoms with E-state index >= 15 is 0 Å². The lowest BCUT2D eigenvalue weighted by molar-refractivity contribution is 0.0517. The number of hydrogen-bond donors (Lipinski definition) is 0. The van der Waals surface area contributed by atoms with Gasteiger partial charge in [-0.15, -0.1) is 0 Å². The molecule has 0 aromatic heterocycles. The predicted molar refractivity (Wildman–Crippen MR) is 76.1 cm³/mol. The van der Waals surface area contributed by atoms with Crippen LogP contribution in [0, 0.1) is 18.3 Å². The zero-order valence-corrected chi connectivity index (χ0v) is 12.0. The molecule has 6 heteroatoms. The zero-order valence-electron chi connectivity index (χ0n) is 11.2. The summed E-state index contributed by atoms with van der Waals surface area (Å²) in [6.45, 7) is 2.61. The minimum Gasteiger partial charge on any atom is -0.377 e. The van der Waals surface area contributed by atoms with Crippen molar-refractivity contribution >= 4 is 16.1 Å². The predicted octanol–water partition coefficient (Wildman–Crippen LogP) is 1.52. The molecule has 1 fully saturated rings. The smallest absolute Gasteiger partial charge is 0.237 e. The number of nitrogens with zero attached hydrogens (tertiary/aromatic N) is 2. The highest BCUT2D eigenvalue weighted by Crippen LogP contribution is 2.15. The van der Waals surface area contributed by atoms with Crippen LogP contribution in [-0.4, -0.2) is 38.5 Å². The standard InChI is InChI=1S/C14H16N2O3S/c1-12-2-4-13(5-3-12)6-9-20(17,18)16-7-8-19-11-14(16)10-15/h2-6,9,14H,7-8,11H2,1H3/b9-6+/t14-/m0/s1. The van der Waals surface area contributed by atoms with E-state index in [0.29, 0.717) is 6.61 Å². The summed E-state index contributed by atoms with van der Waals surface area (Å²) >= 11 is 0. The lowest BCUT2D eigenvalue weighted by Gasteiger charge is -2.29. The molecule has 0 unspecified atom stereocenters. The van der Waals surface area contributed by atoms with Gasteiger partial charge in [-0.05, 0) is 18.6 Å². The van der Waals surface area contributed by atoms with Crippen LogP contribution in [0.25, 0.3) is 6.08 Å². The number of rotatable bonds is 3. The minimum atomic E-state index is -3.60. The average molecular weight is 292 g/mol. The molecule has 0 spiro atoms. The van der Waals surface area contributed by atoms with Crippen LogP contribution in [0.3, 0.4) is 0 Å². The van der Waals surface area contributed by atoms with Crippen LogP contribution in [0.5, 0.6) is 0 Å². The maximum Gasteiger partial charge on any atom is 0.237 e. The number of ether oxygens (including phenoxy) is 1. The molecule has 106 valence electrons. The van der Waals surface area contributed by atoms with Crippen LogP contribution in [-0.2, 0) is 14.8 Å². The Balaban J connectivity index is 2.18. The van der Waals surface area contributed by atoms with Crippen molar-refractivity contribution in [3.05, 3.63) is 40.8 Å². The van der Waals surface area contributed by atoms with Crippen LogP contribution >= 0.6 is 0 Å². The summed E-state index contributed by atoms with van der Waals surface area (Å²) < 4.78 is 30.8. The van der Waals surface area contributed by atoms with Gasteiger partial charge in [0.2, 0.25) is 10.0 Å². The second kappa shape index (κ2) is 6.18. The van der Waals surface area contributed by atoms with Gasteiger partial charge in [-0.2, -0.15) is 9.57 Å². The van der Waals surface area contributed by atoms with Gasteiger partial charge in [-0.3, -0.25) is 0 Å². The van der Waals surface area contributed by atoms with Crippen molar-refractivity contribution in [3.63, 3.8) is 0 Å². The first-order chi connectivity index (χ1) is 9.53. The van der Waals surface area contributed by atoms with Crippen molar-refractivity contribution in [3.8, 4) is 6.07 Å². The summed E-state index contributed by atoms with van der Waals surface area (Å²) in [5, 5.41) is 10.1. The van der Waals surface area contributed by atoms with Crippen molar-refractivity contribution in [2.24, 2.45) is 0 Å². The van der Waals surface area contributed by atoms with Crippen molar-refractivity contribution in [2.45, 2.75) is 13.0 Å². The lowest BCUT2D eigenvalue weighted by Crippen LogP contribution is -2.47. The Labute approximate surface area is 119 Å². The summed E-state index contributed by atoms with van der Waals surface area (Å²) in [4.78, 5) is 0. The number of sulfonamides is 1. The van der Waals surface area contributed by atoms with Gasteiger partial charge >= 0.3 is 0 Å². The highest BCUT2D eigenvalue weighted by atomic mass is 32.2. The SMILES string of the molecule is Cc1ccc(/C=C/S(=O)(=O)N2CCOC[C@@H]2C#N)cc1. The molecule has 1 atom stereocenters. The average Bonchev–Trinajstić information content (AvgIpc) is 2.46. The molecule has 5 nitrogen and oxygen atoms in total. The van der Waals surface area contributed by atoms with Crippen LogP contribution in [0.4, 0.5) is 0 Å². The number of nitriles is 1. The van der Waals surface area contributed by atoms with Crippen molar-refractivity contribution in [2.75, 3.05) is 19.8 Å². The Bertz CT molecular complexity index is 629. The van der Waals surface area contributed by atoms with Crippen molar-refractivity contribution < 1.29 is 13.2 Å². The third-order valence-electron chi connectivity index (χ3n) is 3.07. The Kier molecular flexibility index (Phi) is 4.55. The minimum absolute atomic E-state index is 0.119. The summed E-state index contributed by atoms with van der Waals surface area (Å²) in [6, 6.07) is 8.73. The fourth-order valence-corrected chi connectivity index (χ4v) is 3.19. The maximum atomic E-state index is 12.2. The number of hydrogen-bond acceptors (Lipinski definition) is 4. The first kappa shape index (κ1) is 14.7. The van der Waals surface area contributed by atoms with Gasteiger partial charge in [0.25, 0.3) is 0 Å². The monoisotopic (exact) mass is 292 g/mol. The molecule has 0 radical (unpaired) electrons. The second-order valence-corrected chi connectivity index (χ2v) is 6.36. The lowest BCUT2D eigenvalue weighted by atomic mass is 10.2. The van der Waals surface area contributed by atoms with E-state index < -0.39 is 16.1 Å². The van der Waals surface area contributed by atoms with E-state index in [9.17, 15) is 8.42 Å². The molecule has 0 saturated carbocycles. The van der Waals surface area contributed by atoms with Crippen LogP contribution < -0.4 is 0 Å². The Hall–Kier alpha value is -1.68. The molecule has 1 aromatic rings. The van der Waals surface area contributed by atoms with E-state index in [1.54, 1.807) is 6.08 Å². The van der Waals surface area contributed by atoms with Crippen molar-refractivity contribution in [1.29, 1.82) is 5.26 Å². The molecule has 0 amide bonds. The molecule has 1 saturated heterocycles. The Morgan fingerprint density at radius 2 is 2.10 bits per heavy atom. The van der Waals surface area contributed by atoms with Crippen LogP contribution in [0.1, 0.15) is 11.1 Å².